The minimum atomic E-state index is -0.383. The van der Waals surface area contributed by atoms with Crippen LogP contribution < -0.4 is 16.0 Å². The van der Waals surface area contributed by atoms with Crippen molar-refractivity contribution in [3.8, 4) is 5.75 Å². The first-order valence-electron chi connectivity index (χ1n) is 5.84. The summed E-state index contributed by atoms with van der Waals surface area (Å²) in [4.78, 5) is 4.40. The van der Waals surface area contributed by atoms with Crippen molar-refractivity contribution in [2.45, 2.75) is 19.4 Å². The molecule has 2 rings (SSSR count). The van der Waals surface area contributed by atoms with Crippen LogP contribution in [0.2, 0.25) is 0 Å². The third-order valence-electron chi connectivity index (χ3n) is 2.86. The van der Waals surface area contributed by atoms with E-state index >= 15 is 0 Å². The van der Waals surface area contributed by atoms with E-state index in [9.17, 15) is 4.39 Å². The van der Waals surface area contributed by atoms with Crippen molar-refractivity contribution in [3.63, 3.8) is 0 Å². The summed E-state index contributed by atoms with van der Waals surface area (Å²) in [5.74, 6) is 5.41. The van der Waals surface area contributed by atoms with E-state index in [0.29, 0.717) is 6.42 Å². The van der Waals surface area contributed by atoms with Crippen molar-refractivity contribution in [1.29, 1.82) is 0 Å². The number of thiazole rings is 1. The largest absolute Gasteiger partial charge is 0.494 e. The van der Waals surface area contributed by atoms with Crippen LogP contribution in [0.1, 0.15) is 22.3 Å². The maximum Gasteiger partial charge on any atom is 0.165 e. The average Bonchev–Trinajstić information content (AvgIpc) is 2.82. The highest BCUT2D eigenvalue weighted by Crippen LogP contribution is 2.25. The summed E-state index contributed by atoms with van der Waals surface area (Å²) < 4.78 is 18.4. The predicted octanol–water partition coefficient (Wildman–Crippen LogP) is 2.35. The Labute approximate surface area is 115 Å². The third kappa shape index (κ3) is 3.28. The number of rotatable bonds is 5. The number of aromatic nitrogens is 1. The Balaban J connectivity index is 2.21. The van der Waals surface area contributed by atoms with Gasteiger partial charge in [-0.2, -0.15) is 0 Å². The second kappa shape index (κ2) is 6.10. The van der Waals surface area contributed by atoms with Gasteiger partial charge in [-0.25, -0.2) is 9.37 Å². The summed E-state index contributed by atoms with van der Waals surface area (Å²) >= 11 is 1.60. The minimum Gasteiger partial charge on any atom is -0.494 e. The fourth-order valence-electron chi connectivity index (χ4n) is 1.88. The zero-order chi connectivity index (χ0) is 13.8. The fourth-order valence-corrected chi connectivity index (χ4v) is 2.50. The molecule has 0 spiro atoms. The van der Waals surface area contributed by atoms with Gasteiger partial charge in [0.1, 0.15) is 0 Å². The quantitative estimate of drug-likeness (QED) is 0.652. The monoisotopic (exact) mass is 281 g/mol. The normalized spacial score (nSPS) is 12.4. The fraction of sp³-hybridized carbons (Fsp3) is 0.308. The van der Waals surface area contributed by atoms with Gasteiger partial charge in [0.2, 0.25) is 0 Å². The second-order valence-electron chi connectivity index (χ2n) is 4.18. The van der Waals surface area contributed by atoms with Crippen LogP contribution in [0, 0.1) is 12.7 Å². The molecular formula is C13H16FN3OS. The number of methoxy groups -OCH3 is 1. The van der Waals surface area contributed by atoms with Gasteiger partial charge in [-0.05, 0) is 24.6 Å². The van der Waals surface area contributed by atoms with Crippen LogP contribution in [0.4, 0.5) is 4.39 Å². The summed E-state index contributed by atoms with van der Waals surface area (Å²) in [5, 5.41) is 3.02. The van der Waals surface area contributed by atoms with E-state index in [4.69, 9.17) is 10.6 Å². The Bertz CT molecular complexity index is 559. The number of benzene rings is 1. The first kappa shape index (κ1) is 13.9. The van der Waals surface area contributed by atoms with Gasteiger partial charge in [0.05, 0.1) is 23.9 Å². The Morgan fingerprint density at radius 3 is 2.89 bits per heavy atom. The molecule has 0 saturated heterocycles. The molecule has 4 nitrogen and oxygen atoms in total. The third-order valence-corrected chi connectivity index (χ3v) is 3.68. The zero-order valence-electron chi connectivity index (χ0n) is 10.8. The van der Waals surface area contributed by atoms with E-state index in [1.54, 1.807) is 23.5 Å². The standard InChI is InChI=1S/C13H16FN3OS/c1-8-16-10(7-19-8)6-12(17-15)9-3-4-11(14)13(5-9)18-2/h3-5,7,12,17H,6,15H2,1-2H3. The highest BCUT2D eigenvalue weighted by atomic mass is 32.1. The first-order chi connectivity index (χ1) is 9.13. The van der Waals surface area contributed by atoms with Gasteiger partial charge < -0.3 is 4.74 Å². The number of hydrogen-bond acceptors (Lipinski definition) is 5. The SMILES string of the molecule is COc1cc(C(Cc2csc(C)n2)NN)ccc1F. The van der Waals surface area contributed by atoms with E-state index in [0.717, 1.165) is 16.3 Å². The number of ether oxygens (including phenoxy) is 1. The average molecular weight is 281 g/mol. The van der Waals surface area contributed by atoms with Crippen LogP contribution in [0.5, 0.6) is 5.75 Å². The minimum absolute atomic E-state index is 0.129. The second-order valence-corrected chi connectivity index (χ2v) is 5.24. The van der Waals surface area contributed by atoms with Gasteiger partial charge in [-0.15, -0.1) is 11.3 Å². The molecule has 0 aliphatic carbocycles. The summed E-state index contributed by atoms with van der Waals surface area (Å²) in [5.41, 5.74) is 4.57. The lowest BCUT2D eigenvalue weighted by Gasteiger charge is -2.16. The van der Waals surface area contributed by atoms with Crippen LogP contribution in [0.25, 0.3) is 0 Å². The van der Waals surface area contributed by atoms with E-state index in [2.05, 4.69) is 10.4 Å². The lowest BCUT2D eigenvalue weighted by atomic mass is 10.0. The Morgan fingerprint density at radius 2 is 2.32 bits per heavy atom. The number of aryl methyl sites for hydroxylation is 1. The number of hydrogen-bond donors (Lipinski definition) is 2. The molecular weight excluding hydrogens is 265 g/mol. The molecule has 19 heavy (non-hydrogen) atoms. The molecule has 0 bridgehead atoms. The first-order valence-corrected chi connectivity index (χ1v) is 6.72. The van der Waals surface area contributed by atoms with E-state index < -0.39 is 0 Å². The Kier molecular flexibility index (Phi) is 4.47. The van der Waals surface area contributed by atoms with Gasteiger partial charge in [-0.3, -0.25) is 11.3 Å². The molecule has 0 amide bonds. The molecule has 2 aromatic rings. The van der Waals surface area contributed by atoms with Crippen molar-refractivity contribution < 1.29 is 9.13 Å². The number of nitrogens with two attached hydrogens (primary N) is 1. The topological polar surface area (TPSA) is 60.2 Å². The lowest BCUT2D eigenvalue weighted by molar-refractivity contribution is 0.384. The zero-order valence-corrected chi connectivity index (χ0v) is 11.6. The molecule has 1 aromatic carbocycles. The van der Waals surface area contributed by atoms with Crippen LogP contribution >= 0.6 is 11.3 Å². The summed E-state index contributed by atoms with van der Waals surface area (Å²) in [6.07, 6.45) is 0.648. The smallest absolute Gasteiger partial charge is 0.165 e. The molecule has 0 saturated carbocycles. The van der Waals surface area contributed by atoms with Crippen molar-refractivity contribution in [2.75, 3.05) is 7.11 Å². The van der Waals surface area contributed by atoms with Gasteiger partial charge >= 0.3 is 0 Å². The van der Waals surface area contributed by atoms with Crippen LogP contribution in [0.3, 0.4) is 0 Å². The maximum absolute atomic E-state index is 13.4. The van der Waals surface area contributed by atoms with Gasteiger partial charge in [-0.1, -0.05) is 6.07 Å². The van der Waals surface area contributed by atoms with Crippen LogP contribution in [-0.4, -0.2) is 12.1 Å². The van der Waals surface area contributed by atoms with Crippen LogP contribution in [-0.2, 0) is 6.42 Å². The number of nitrogens with one attached hydrogen (secondary N) is 1. The van der Waals surface area contributed by atoms with Gasteiger partial charge in [0.25, 0.3) is 0 Å². The molecule has 1 unspecified atom stereocenters. The maximum atomic E-state index is 13.4. The van der Waals surface area contributed by atoms with Crippen LogP contribution in [0.15, 0.2) is 23.6 Å². The number of nitrogens with zero attached hydrogens (tertiary/aromatic N) is 1. The summed E-state index contributed by atoms with van der Waals surface area (Å²) in [7, 11) is 1.44. The van der Waals surface area contributed by atoms with Crippen molar-refractivity contribution in [1.82, 2.24) is 10.4 Å². The molecule has 1 atom stereocenters. The Morgan fingerprint density at radius 1 is 1.53 bits per heavy atom. The molecule has 6 heteroatoms. The van der Waals surface area contributed by atoms with Crippen molar-refractivity contribution in [3.05, 3.63) is 45.7 Å². The molecule has 102 valence electrons. The van der Waals surface area contributed by atoms with E-state index in [-0.39, 0.29) is 17.6 Å². The molecule has 3 N–H and O–H groups in total. The number of halogens is 1. The van der Waals surface area contributed by atoms with E-state index in [1.807, 2.05) is 12.3 Å². The van der Waals surface area contributed by atoms with Gasteiger partial charge in [0, 0.05) is 11.8 Å². The highest BCUT2D eigenvalue weighted by Gasteiger charge is 2.14. The molecule has 0 fully saturated rings. The highest BCUT2D eigenvalue weighted by molar-refractivity contribution is 7.09. The Hall–Kier alpha value is -1.50. The van der Waals surface area contributed by atoms with Crippen molar-refractivity contribution in [2.24, 2.45) is 5.84 Å². The molecule has 1 aromatic heterocycles. The molecule has 0 radical (unpaired) electrons. The summed E-state index contributed by atoms with van der Waals surface area (Å²) in [6.45, 7) is 1.96. The molecule has 1 heterocycles. The lowest BCUT2D eigenvalue weighted by Crippen LogP contribution is -2.29. The number of hydrazine groups is 1. The molecule has 0 aliphatic rings. The van der Waals surface area contributed by atoms with E-state index in [1.165, 1.54) is 13.2 Å². The van der Waals surface area contributed by atoms with Crippen molar-refractivity contribution >= 4 is 11.3 Å². The summed E-state index contributed by atoms with van der Waals surface area (Å²) in [6, 6.07) is 4.60. The molecule has 0 aliphatic heterocycles. The predicted molar refractivity (Wildman–Crippen MR) is 73.6 cm³/mol. The van der Waals surface area contributed by atoms with Gasteiger partial charge in [0.15, 0.2) is 11.6 Å².